The van der Waals surface area contributed by atoms with Crippen molar-refractivity contribution in [2.45, 2.75) is 22.6 Å². The van der Waals surface area contributed by atoms with Crippen LogP contribution in [0.2, 0.25) is 0 Å². The van der Waals surface area contributed by atoms with E-state index >= 15 is 0 Å². The topological polar surface area (TPSA) is 190 Å². The van der Waals surface area contributed by atoms with Gasteiger partial charge in [-0.3, -0.25) is 14.5 Å². The molecule has 2 aliphatic rings. The molecule has 17 heteroatoms. The summed E-state index contributed by atoms with van der Waals surface area (Å²) in [6.07, 6.45) is 0. The number of carboxylic acid groups (broad SMARTS) is 1. The highest BCUT2D eigenvalue weighted by Gasteiger charge is 2.54. The number of amides is 2. The van der Waals surface area contributed by atoms with Crippen LogP contribution in [0.4, 0.5) is 5.13 Å². The molecule has 5 N–H and O–H groups in total. The smallest absolute Gasteiger partial charge is 0.352 e. The Balaban J connectivity index is 1.47. The molecule has 2 aromatic heterocycles. The number of nitrogens with zero attached hydrogens (tertiary/aromatic N) is 6. The number of carbonyl (C=O) groups excluding carboxylic acids is 2. The van der Waals surface area contributed by atoms with E-state index in [2.05, 4.69) is 31.3 Å². The molecule has 14 nitrogen and oxygen atoms in total. The number of carbonyl (C=O) groups is 3. The van der Waals surface area contributed by atoms with Crippen molar-refractivity contribution < 1.29 is 24.3 Å². The molecule has 1 saturated heterocycles. The average Bonchev–Trinajstić information content (AvgIpc) is 3.40. The van der Waals surface area contributed by atoms with Crippen molar-refractivity contribution in [2.75, 3.05) is 24.3 Å². The van der Waals surface area contributed by atoms with Crippen molar-refractivity contribution in [3.8, 4) is 0 Å². The van der Waals surface area contributed by atoms with E-state index in [1.165, 1.54) is 51.6 Å². The molecular weight excluding hydrogens is 494 g/mol. The van der Waals surface area contributed by atoms with Crippen molar-refractivity contribution in [3.05, 3.63) is 22.3 Å². The van der Waals surface area contributed by atoms with Gasteiger partial charge in [0.05, 0.1) is 12.8 Å². The Morgan fingerprint density at radius 2 is 2.27 bits per heavy atom. The van der Waals surface area contributed by atoms with Gasteiger partial charge in [0.2, 0.25) is 11.1 Å². The average molecular weight is 514 g/mol. The molecule has 0 aliphatic carbocycles. The minimum Gasteiger partial charge on any atom is -0.477 e. The Labute approximate surface area is 199 Å². The Kier molecular flexibility index (Phi) is 6.84. The normalized spacial score (nSPS) is 20.9. The van der Waals surface area contributed by atoms with Crippen LogP contribution in [-0.4, -0.2) is 83.0 Å². The first kappa shape index (κ1) is 23.4. The number of aliphatic carboxylic acids is 1. The molecule has 2 amide bonds. The number of hydrogen-bond donors (Lipinski definition) is 4. The van der Waals surface area contributed by atoms with E-state index in [1.807, 2.05) is 0 Å². The van der Waals surface area contributed by atoms with Crippen molar-refractivity contribution in [2.24, 2.45) is 7.05 Å². The summed E-state index contributed by atoms with van der Waals surface area (Å²) in [7, 11) is 3.03. The van der Waals surface area contributed by atoms with E-state index in [-0.39, 0.29) is 10.8 Å². The summed E-state index contributed by atoms with van der Waals surface area (Å²) in [4.78, 5) is 47.9. The lowest BCUT2D eigenvalue weighted by Gasteiger charge is -2.49. The van der Waals surface area contributed by atoms with Gasteiger partial charge < -0.3 is 21.0 Å². The van der Waals surface area contributed by atoms with Gasteiger partial charge in [0.1, 0.15) is 17.1 Å². The van der Waals surface area contributed by atoms with Crippen LogP contribution in [-0.2, 0) is 26.3 Å². The summed E-state index contributed by atoms with van der Waals surface area (Å²) in [5, 5.41) is 25.5. The van der Waals surface area contributed by atoms with Gasteiger partial charge in [0, 0.05) is 23.9 Å². The summed E-state index contributed by atoms with van der Waals surface area (Å²) >= 11 is 3.82. The highest BCUT2D eigenvalue weighted by atomic mass is 32.2. The zero-order valence-corrected chi connectivity index (χ0v) is 19.7. The van der Waals surface area contributed by atoms with Crippen LogP contribution in [0.3, 0.4) is 0 Å². The second kappa shape index (κ2) is 9.64. The van der Waals surface area contributed by atoms with Gasteiger partial charge in [-0.1, -0.05) is 11.8 Å². The molecule has 2 aliphatic heterocycles. The molecule has 2 unspecified atom stereocenters. The fourth-order valence-corrected chi connectivity index (χ4v) is 6.25. The van der Waals surface area contributed by atoms with E-state index in [4.69, 9.17) is 10.6 Å². The number of aromatic nitrogens is 5. The number of fused-ring (bicyclic) bond motifs is 1. The van der Waals surface area contributed by atoms with Gasteiger partial charge in [-0.2, -0.15) is 5.48 Å². The number of thiazole rings is 1. The zero-order chi connectivity index (χ0) is 23.7. The number of anilines is 1. The fourth-order valence-electron chi connectivity index (χ4n) is 3.33. The monoisotopic (exact) mass is 513 g/mol. The molecule has 0 radical (unpaired) electrons. The SMILES string of the molecule is CONC(C(=O)NC1C(=O)N2C(C(=O)O)=C(CSc3nnnn3C)CS[C@H]12)c1csc(N)n1. The summed E-state index contributed by atoms with van der Waals surface area (Å²) in [6, 6.07) is -1.87. The number of nitrogen functional groups attached to an aromatic ring is 1. The molecule has 2 aromatic rings. The standard InChI is InChI=1S/C16H19N9O5S3/c1-24-16(20-22-23-24)33-4-6-3-31-13-9(12(27)25(13)10(6)14(28)29)19-11(26)8(21-30-2)7-5-32-15(17)18-7/h5,8-9,13,21H,3-4H2,1-2H3,(H2,17,18)(H,19,26)(H,28,29)/t8?,9?,13-/m1/s1. The highest BCUT2D eigenvalue weighted by Crippen LogP contribution is 2.41. The maximum Gasteiger partial charge on any atom is 0.352 e. The van der Waals surface area contributed by atoms with Crippen molar-refractivity contribution in [1.29, 1.82) is 0 Å². The molecule has 176 valence electrons. The lowest BCUT2D eigenvalue weighted by molar-refractivity contribution is -0.151. The van der Waals surface area contributed by atoms with E-state index in [0.29, 0.717) is 27.9 Å². The number of nitrogens with two attached hydrogens (primary N) is 1. The molecule has 1 fully saturated rings. The Morgan fingerprint density at radius 1 is 1.48 bits per heavy atom. The maximum absolute atomic E-state index is 12.9. The summed E-state index contributed by atoms with van der Waals surface area (Å²) < 4.78 is 1.48. The minimum atomic E-state index is -1.21. The van der Waals surface area contributed by atoms with Crippen molar-refractivity contribution in [3.63, 3.8) is 0 Å². The molecular formula is C16H19N9O5S3. The lowest BCUT2D eigenvalue weighted by atomic mass is 10.0. The Hall–Kier alpha value is -2.73. The number of β-lactam (4-membered cyclic amide) rings is 1. The Morgan fingerprint density at radius 3 is 2.88 bits per heavy atom. The Bertz CT molecular complexity index is 1120. The van der Waals surface area contributed by atoms with Crippen LogP contribution in [0.5, 0.6) is 0 Å². The number of hydroxylamine groups is 1. The van der Waals surface area contributed by atoms with Gasteiger partial charge in [-0.25, -0.2) is 14.5 Å². The number of carboxylic acids is 1. The quantitative estimate of drug-likeness (QED) is 0.181. The fraction of sp³-hybridized carbons (Fsp3) is 0.438. The van der Waals surface area contributed by atoms with E-state index in [1.54, 1.807) is 12.4 Å². The number of thioether (sulfide) groups is 2. The third-order valence-corrected chi connectivity index (χ3v) is 7.97. The largest absolute Gasteiger partial charge is 0.477 e. The molecule has 33 heavy (non-hydrogen) atoms. The van der Waals surface area contributed by atoms with Crippen LogP contribution in [0.1, 0.15) is 11.7 Å². The first-order valence-corrected chi connectivity index (χ1v) is 12.3. The van der Waals surface area contributed by atoms with Crippen molar-refractivity contribution >= 4 is 57.8 Å². The number of tetrazole rings is 1. The summed E-state index contributed by atoms with van der Waals surface area (Å²) in [5.74, 6) is -1.57. The number of nitrogens with one attached hydrogen (secondary N) is 2. The zero-order valence-electron chi connectivity index (χ0n) is 17.3. The van der Waals surface area contributed by atoms with Crippen LogP contribution >= 0.6 is 34.9 Å². The predicted octanol–water partition coefficient (Wildman–Crippen LogP) is -1.03. The number of hydrogen-bond acceptors (Lipinski definition) is 13. The molecule has 0 spiro atoms. The van der Waals surface area contributed by atoms with Gasteiger partial charge in [0.25, 0.3) is 5.91 Å². The molecule has 0 aromatic carbocycles. The molecule has 4 rings (SSSR count). The van der Waals surface area contributed by atoms with Gasteiger partial charge in [-0.15, -0.1) is 28.2 Å². The molecule has 0 saturated carbocycles. The first-order valence-electron chi connectivity index (χ1n) is 9.36. The third-order valence-electron chi connectivity index (χ3n) is 4.84. The van der Waals surface area contributed by atoms with Gasteiger partial charge in [0.15, 0.2) is 11.2 Å². The summed E-state index contributed by atoms with van der Waals surface area (Å²) in [6.45, 7) is 0. The van der Waals surface area contributed by atoms with Gasteiger partial charge >= 0.3 is 5.97 Å². The molecule has 4 heterocycles. The van der Waals surface area contributed by atoms with E-state index < -0.39 is 35.2 Å². The molecule has 3 atom stereocenters. The van der Waals surface area contributed by atoms with Crippen LogP contribution in [0.25, 0.3) is 0 Å². The van der Waals surface area contributed by atoms with Crippen LogP contribution in [0, 0.1) is 0 Å². The van der Waals surface area contributed by atoms with Gasteiger partial charge in [-0.05, 0) is 16.0 Å². The van der Waals surface area contributed by atoms with Crippen LogP contribution < -0.4 is 16.5 Å². The van der Waals surface area contributed by atoms with Crippen LogP contribution in [0.15, 0.2) is 21.8 Å². The minimum absolute atomic E-state index is 0.0734. The predicted molar refractivity (Wildman–Crippen MR) is 119 cm³/mol. The van der Waals surface area contributed by atoms with Crippen molar-refractivity contribution in [1.82, 2.24) is 40.9 Å². The first-order chi connectivity index (χ1) is 15.8. The maximum atomic E-state index is 12.9. The molecule has 0 bridgehead atoms. The second-order valence-corrected chi connectivity index (χ2v) is 9.83. The number of rotatable bonds is 9. The summed E-state index contributed by atoms with van der Waals surface area (Å²) in [5.41, 5.74) is 9.04. The van der Waals surface area contributed by atoms with E-state index in [9.17, 15) is 19.5 Å². The highest BCUT2D eigenvalue weighted by molar-refractivity contribution is 8.01. The van der Waals surface area contributed by atoms with E-state index in [0.717, 1.165) is 0 Å². The lowest BCUT2D eigenvalue weighted by Crippen LogP contribution is -2.71. The third kappa shape index (κ3) is 4.54. The number of aryl methyl sites for hydroxylation is 1. The second-order valence-electron chi connectivity index (χ2n) is 6.89.